The van der Waals surface area contributed by atoms with Gasteiger partial charge in [0.15, 0.2) is 6.10 Å². The molecule has 182 valence electrons. The molecule has 0 aliphatic carbocycles. The summed E-state index contributed by atoms with van der Waals surface area (Å²) in [5.74, 6) is -1.15. The molecule has 1 heterocycles. The van der Waals surface area contributed by atoms with E-state index < -0.39 is 40.3 Å². The van der Waals surface area contributed by atoms with Gasteiger partial charge in [0, 0.05) is 13.6 Å². The van der Waals surface area contributed by atoms with Gasteiger partial charge in [0.1, 0.15) is 11.6 Å². The molecule has 1 aliphatic heterocycles. The van der Waals surface area contributed by atoms with Crippen molar-refractivity contribution < 1.29 is 27.1 Å². The fraction of sp³-hybridized carbons (Fsp3) is 0.200. The van der Waals surface area contributed by atoms with Crippen molar-refractivity contribution in [3.8, 4) is 5.75 Å². The molecule has 3 aromatic carbocycles. The normalized spacial score (nSPS) is 15.3. The third-order valence-corrected chi connectivity index (χ3v) is 7.37. The lowest BCUT2D eigenvalue weighted by atomic mass is 10.1. The Kier molecular flexibility index (Phi) is 7.13. The highest BCUT2D eigenvalue weighted by Gasteiger charge is 2.35. The number of amides is 2. The van der Waals surface area contributed by atoms with Crippen LogP contribution in [0.1, 0.15) is 5.56 Å². The van der Waals surface area contributed by atoms with Crippen LogP contribution in [0.3, 0.4) is 0 Å². The molecule has 3 aromatic rings. The number of fused-ring (bicyclic) bond motifs is 1. The molecular formula is C25H24FN3O5S. The minimum atomic E-state index is -4.03. The van der Waals surface area contributed by atoms with Crippen LogP contribution in [0.2, 0.25) is 0 Å². The Balaban J connectivity index is 1.49. The van der Waals surface area contributed by atoms with Gasteiger partial charge in [-0.15, -0.1) is 0 Å². The van der Waals surface area contributed by atoms with E-state index in [1.165, 1.54) is 11.9 Å². The number of nitrogens with zero attached hydrogens (tertiary/aromatic N) is 2. The van der Waals surface area contributed by atoms with Gasteiger partial charge in [-0.1, -0.05) is 42.5 Å². The van der Waals surface area contributed by atoms with Gasteiger partial charge in [-0.2, -0.15) is 4.31 Å². The monoisotopic (exact) mass is 497 g/mol. The third-order valence-electron chi connectivity index (χ3n) is 5.56. The maximum Gasteiger partial charge on any atom is 0.263 e. The zero-order valence-corrected chi connectivity index (χ0v) is 19.7. The van der Waals surface area contributed by atoms with Gasteiger partial charge in [-0.05, 0) is 42.0 Å². The molecule has 0 aromatic heterocycles. The van der Waals surface area contributed by atoms with Gasteiger partial charge in [-0.25, -0.2) is 12.8 Å². The van der Waals surface area contributed by atoms with Gasteiger partial charge < -0.3 is 15.0 Å². The van der Waals surface area contributed by atoms with Crippen molar-refractivity contribution in [2.45, 2.75) is 17.5 Å². The molecular weight excluding hydrogens is 473 g/mol. The standard InChI is InChI=1S/C25H24FN3O5S/c1-28(35(32,33)20-13-11-19(26)12-14-20)17-24(30)29-16-23(34-22-10-6-5-9-21(22)29)25(31)27-15-18-7-3-2-4-8-18/h2-14,23H,15-17H2,1H3,(H,27,31)/t23-/m0/s1. The molecule has 4 rings (SSSR count). The van der Waals surface area contributed by atoms with E-state index in [-0.39, 0.29) is 11.4 Å². The van der Waals surface area contributed by atoms with E-state index in [1.807, 2.05) is 30.3 Å². The highest BCUT2D eigenvalue weighted by molar-refractivity contribution is 7.89. The molecule has 0 saturated carbocycles. The molecule has 0 bridgehead atoms. The number of rotatable bonds is 7. The first-order chi connectivity index (χ1) is 16.8. The highest BCUT2D eigenvalue weighted by atomic mass is 32.2. The average Bonchev–Trinajstić information content (AvgIpc) is 2.87. The lowest BCUT2D eigenvalue weighted by molar-refractivity contribution is -0.128. The fourth-order valence-corrected chi connectivity index (χ4v) is 4.77. The first kappa shape index (κ1) is 24.4. The second kappa shape index (κ2) is 10.2. The summed E-state index contributed by atoms with van der Waals surface area (Å²) in [7, 11) is -2.76. The molecule has 10 heteroatoms. The molecule has 1 aliphatic rings. The smallest absolute Gasteiger partial charge is 0.263 e. The number of hydrogen-bond donors (Lipinski definition) is 1. The van der Waals surface area contributed by atoms with Crippen LogP contribution in [0, 0.1) is 5.82 Å². The number of carbonyl (C=O) groups excluding carboxylic acids is 2. The predicted molar refractivity (Wildman–Crippen MR) is 128 cm³/mol. The van der Waals surface area contributed by atoms with Crippen LogP contribution in [-0.2, 0) is 26.2 Å². The largest absolute Gasteiger partial charge is 0.477 e. The maximum atomic E-state index is 13.2. The average molecular weight is 498 g/mol. The zero-order valence-electron chi connectivity index (χ0n) is 18.9. The molecule has 8 nitrogen and oxygen atoms in total. The molecule has 0 saturated heterocycles. The molecule has 35 heavy (non-hydrogen) atoms. The number of hydrogen-bond acceptors (Lipinski definition) is 5. The summed E-state index contributed by atoms with van der Waals surface area (Å²) in [5, 5.41) is 2.81. The summed E-state index contributed by atoms with van der Waals surface area (Å²) in [6.07, 6.45) is -0.975. The predicted octanol–water partition coefficient (Wildman–Crippen LogP) is 2.56. The number of benzene rings is 3. The molecule has 0 unspecified atom stereocenters. The minimum absolute atomic E-state index is 0.0824. The van der Waals surface area contributed by atoms with Gasteiger partial charge in [0.05, 0.1) is 23.7 Å². The molecule has 0 spiro atoms. The minimum Gasteiger partial charge on any atom is -0.477 e. The van der Waals surface area contributed by atoms with Gasteiger partial charge >= 0.3 is 0 Å². The van der Waals surface area contributed by atoms with Crippen molar-refractivity contribution >= 4 is 27.5 Å². The van der Waals surface area contributed by atoms with Gasteiger partial charge in [0.2, 0.25) is 15.9 Å². The Hall–Kier alpha value is -3.76. The lowest BCUT2D eigenvalue weighted by Gasteiger charge is -2.35. The Labute approximate surface area is 203 Å². The van der Waals surface area contributed by atoms with Crippen LogP contribution in [0.15, 0.2) is 83.8 Å². The number of ether oxygens (including phenoxy) is 1. The molecule has 1 N–H and O–H groups in total. The van der Waals surface area contributed by atoms with Crippen LogP contribution in [0.5, 0.6) is 5.75 Å². The van der Waals surface area contributed by atoms with E-state index in [0.29, 0.717) is 18.0 Å². The number of halogens is 1. The number of likely N-dealkylation sites (N-methyl/N-ethyl adjacent to an activating group) is 1. The highest BCUT2D eigenvalue weighted by Crippen LogP contribution is 2.33. The van der Waals surface area contributed by atoms with E-state index >= 15 is 0 Å². The first-order valence-electron chi connectivity index (χ1n) is 10.9. The molecule has 0 fully saturated rings. The van der Waals surface area contributed by atoms with Crippen molar-refractivity contribution in [3.05, 3.63) is 90.2 Å². The summed E-state index contributed by atoms with van der Waals surface area (Å²) in [6.45, 7) is -0.263. The topological polar surface area (TPSA) is 96.0 Å². The Morgan fingerprint density at radius 3 is 2.40 bits per heavy atom. The van der Waals surface area contributed by atoms with Crippen molar-refractivity contribution in [2.75, 3.05) is 25.0 Å². The van der Waals surface area contributed by atoms with Crippen LogP contribution in [0.4, 0.5) is 10.1 Å². The van der Waals surface area contributed by atoms with E-state index in [2.05, 4.69) is 5.32 Å². The Bertz CT molecular complexity index is 1320. The van der Waals surface area contributed by atoms with E-state index in [4.69, 9.17) is 4.74 Å². The number of sulfonamides is 1. The fourth-order valence-electron chi connectivity index (χ4n) is 3.65. The summed E-state index contributed by atoms with van der Waals surface area (Å²) >= 11 is 0. The second-order valence-electron chi connectivity index (χ2n) is 8.00. The SMILES string of the molecule is CN(CC(=O)N1C[C@@H](C(=O)NCc2ccccc2)Oc2ccccc21)S(=O)(=O)c1ccc(F)cc1. The Morgan fingerprint density at radius 1 is 1.03 bits per heavy atom. The number of para-hydroxylation sites is 2. The summed E-state index contributed by atoms with van der Waals surface area (Å²) in [6, 6.07) is 20.5. The van der Waals surface area contributed by atoms with E-state index in [1.54, 1.807) is 24.3 Å². The lowest BCUT2D eigenvalue weighted by Crippen LogP contribution is -2.52. The van der Waals surface area contributed by atoms with E-state index in [0.717, 1.165) is 34.1 Å². The quantitative estimate of drug-likeness (QED) is 0.541. The number of carbonyl (C=O) groups is 2. The molecule has 0 radical (unpaired) electrons. The number of anilines is 1. The zero-order chi connectivity index (χ0) is 25.0. The van der Waals surface area contributed by atoms with Crippen LogP contribution in [0.25, 0.3) is 0 Å². The first-order valence-corrected chi connectivity index (χ1v) is 12.3. The summed E-state index contributed by atoms with van der Waals surface area (Å²) < 4.78 is 45.6. The second-order valence-corrected chi connectivity index (χ2v) is 10.0. The molecule has 2 amide bonds. The van der Waals surface area contributed by atoms with Gasteiger partial charge in [-0.3, -0.25) is 9.59 Å². The van der Waals surface area contributed by atoms with E-state index in [9.17, 15) is 22.4 Å². The van der Waals surface area contributed by atoms with Crippen LogP contribution >= 0.6 is 0 Å². The van der Waals surface area contributed by atoms with Crippen molar-refractivity contribution in [1.82, 2.24) is 9.62 Å². The molecule has 1 atom stereocenters. The maximum absolute atomic E-state index is 13.2. The van der Waals surface area contributed by atoms with Crippen molar-refractivity contribution in [2.24, 2.45) is 0 Å². The van der Waals surface area contributed by atoms with Gasteiger partial charge in [0.25, 0.3) is 5.91 Å². The summed E-state index contributed by atoms with van der Waals surface area (Å²) in [5.41, 5.74) is 1.36. The third kappa shape index (κ3) is 5.50. The Morgan fingerprint density at radius 2 is 1.69 bits per heavy atom. The number of nitrogens with one attached hydrogen (secondary N) is 1. The van der Waals surface area contributed by atoms with Crippen molar-refractivity contribution in [3.63, 3.8) is 0 Å². The van der Waals surface area contributed by atoms with Crippen molar-refractivity contribution in [1.29, 1.82) is 0 Å². The summed E-state index contributed by atoms with van der Waals surface area (Å²) in [4.78, 5) is 27.3. The van der Waals surface area contributed by atoms with Crippen LogP contribution in [-0.4, -0.2) is 50.8 Å². The van der Waals surface area contributed by atoms with Crippen LogP contribution < -0.4 is 15.0 Å².